The molecule has 0 spiro atoms. The molecule has 4 rings (SSSR count). The van der Waals surface area contributed by atoms with E-state index in [1.54, 1.807) is 0 Å². The Balaban J connectivity index is 1.48. The van der Waals surface area contributed by atoms with Gasteiger partial charge in [-0.2, -0.15) is 5.26 Å². The van der Waals surface area contributed by atoms with Gasteiger partial charge in [-0.25, -0.2) is 9.97 Å². The van der Waals surface area contributed by atoms with Crippen LogP contribution in [0, 0.1) is 24.2 Å². The number of aromatic amines is 1. The van der Waals surface area contributed by atoms with E-state index in [-0.39, 0.29) is 5.82 Å². The molecule has 1 aliphatic rings. The molecular formula is C22H26N6. The molecule has 3 heterocycles. The molecule has 2 aromatic heterocycles. The van der Waals surface area contributed by atoms with Crippen LogP contribution in [0.3, 0.4) is 0 Å². The molecule has 1 aromatic carbocycles. The number of nitrogens with one attached hydrogen (secondary N) is 2. The van der Waals surface area contributed by atoms with Crippen LogP contribution in [0.25, 0.3) is 22.3 Å². The highest BCUT2D eigenvalue weighted by Gasteiger charge is 2.16. The summed E-state index contributed by atoms with van der Waals surface area (Å²) < 4.78 is 0. The minimum atomic E-state index is 0.183. The number of fused-ring (bicyclic) bond motifs is 1. The largest absolute Gasteiger partial charge is 0.385 e. The molecule has 0 amide bonds. The first-order chi connectivity index (χ1) is 13.6. The predicted molar refractivity (Wildman–Crippen MR) is 112 cm³/mol. The minimum absolute atomic E-state index is 0.183. The van der Waals surface area contributed by atoms with E-state index >= 15 is 0 Å². The van der Waals surface area contributed by atoms with E-state index in [9.17, 15) is 5.26 Å². The number of hydrogen-bond acceptors (Lipinski definition) is 5. The zero-order chi connectivity index (χ0) is 19.5. The van der Waals surface area contributed by atoms with Gasteiger partial charge in [0.25, 0.3) is 0 Å². The third kappa shape index (κ3) is 3.85. The Bertz CT molecular complexity index is 1010. The molecule has 6 nitrogen and oxygen atoms in total. The van der Waals surface area contributed by atoms with Gasteiger partial charge in [-0.15, -0.1) is 0 Å². The van der Waals surface area contributed by atoms with Crippen LogP contribution < -0.4 is 5.32 Å². The Morgan fingerprint density at radius 2 is 2.07 bits per heavy atom. The summed E-state index contributed by atoms with van der Waals surface area (Å²) in [6.45, 7) is 5.55. The lowest BCUT2D eigenvalue weighted by Gasteiger charge is -2.29. The van der Waals surface area contributed by atoms with Crippen molar-refractivity contribution in [2.45, 2.75) is 26.2 Å². The average Bonchev–Trinajstić information content (AvgIpc) is 3.18. The van der Waals surface area contributed by atoms with Crippen molar-refractivity contribution in [1.82, 2.24) is 19.9 Å². The molecule has 144 valence electrons. The van der Waals surface area contributed by atoms with Crippen LogP contribution in [0.4, 0.5) is 5.69 Å². The molecule has 3 aromatic rings. The standard InChI is InChI=1S/C22H26N6/c1-15-13-17(21-18-6-10-25-22(18)27-20(14-23)26-21)3-4-19(15)24-9-5-16-7-11-28(2)12-8-16/h3-4,6,10,13,16,24H,5,7-9,11-12H2,1-2H3,(H,25,26,27). The summed E-state index contributed by atoms with van der Waals surface area (Å²) in [6.07, 6.45) is 5.65. The second kappa shape index (κ2) is 7.99. The van der Waals surface area contributed by atoms with Crippen LogP contribution in [0.5, 0.6) is 0 Å². The number of rotatable bonds is 5. The molecule has 0 atom stereocenters. The van der Waals surface area contributed by atoms with Crippen LogP contribution in [0.1, 0.15) is 30.7 Å². The van der Waals surface area contributed by atoms with E-state index < -0.39 is 0 Å². The van der Waals surface area contributed by atoms with E-state index in [1.165, 1.54) is 37.9 Å². The van der Waals surface area contributed by atoms with Gasteiger partial charge >= 0.3 is 0 Å². The van der Waals surface area contributed by atoms with E-state index in [0.717, 1.165) is 34.8 Å². The maximum atomic E-state index is 9.22. The number of likely N-dealkylation sites (tertiary alicyclic amines) is 1. The van der Waals surface area contributed by atoms with E-state index in [1.807, 2.05) is 18.3 Å². The number of aryl methyl sites for hydroxylation is 1. The van der Waals surface area contributed by atoms with Gasteiger partial charge in [-0.05, 0) is 76.0 Å². The number of benzene rings is 1. The molecule has 28 heavy (non-hydrogen) atoms. The molecule has 0 unspecified atom stereocenters. The number of anilines is 1. The highest BCUT2D eigenvalue weighted by atomic mass is 15.1. The average molecular weight is 374 g/mol. The van der Waals surface area contributed by atoms with Crippen LogP contribution in [-0.4, -0.2) is 46.5 Å². The first-order valence-electron chi connectivity index (χ1n) is 9.92. The minimum Gasteiger partial charge on any atom is -0.385 e. The first-order valence-corrected chi connectivity index (χ1v) is 9.92. The Morgan fingerprint density at radius 1 is 1.25 bits per heavy atom. The Kier molecular flexibility index (Phi) is 5.27. The number of piperidine rings is 1. The lowest BCUT2D eigenvalue weighted by molar-refractivity contribution is 0.215. The maximum absolute atomic E-state index is 9.22. The van der Waals surface area contributed by atoms with Crippen molar-refractivity contribution in [2.75, 3.05) is 32.0 Å². The molecule has 0 saturated carbocycles. The summed E-state index contributed by atoms with van der Waals surface area (Å²) in [6, 6.07) is 10.3. The molecule has 1 fully saturated rings. The van der Waals surface area contributed by atoms with Crippen molar-refractivity contribution in [3.8, 4) is 17.3 Å². The Labute approximate surface area is 165 Å². The van der Waals surface area contributed by atoms with Gasteiger partial charge in [-0.3, -0.25) is 0 Å². The van der Waals surface area contributed by atoms with Gasteiger partial charge in [0.2, 0.25) is 5.82 Å². The lowest BCUT2D eigenvalue weighted by Crippen LogP contribution is -2.30. The van der Waals surface area contributed by atoms with E-state index in [4.69, 9.17) is 0 Å². The number of aromatic nitrogens is 3. The van der Waals surface area contributed by atoms with Crippen molar-refractivity contribution in [3.05, 3.63) is 41.9 Å². The van der Waals surface area contributed by atoms with Crippen LogP contribution in [-0.2, 0) is 0 Å². The Hall–Kier alpha value is -2.91. The molecule has 1 aliphatic heterocycles. The summed E-state index contributed by atoms with van der Waals surface area (Å²) in [5.74, 6) is 1.01. The predicted octanol–water partition coefficient (Wildman–Crippen LogP) is 3.95. The summed E-state index contributed by atoms with van der Waals surface area (Å²) in [7, 11) is 2.21. The zero-order valence-electron chi connectivity index (χ0n) is 16.5. The highest BCUT2D eigenvalue weighted by Crippen LogP contribution is 2.29. The topological polar surface area (TPSA) is 80.6 Å². The molecular weight excluding hydrogens is 348 g/mol. The van der Waals surface area contributed by atoms with Gasteiger partial charge in [0.15, 0.2) is 0 Å². The third-order valence-corrected chi connectivity index (χ3v) is 5.72. The fourth-order valence-corrected chi connectivity index (χ4v) is 3.98. The fourth-order valence-electron chi connectivity index (χ4n) is 3.98. The summed E-state index contributed by atoms with van der Waals surface area (Å²) in [5.41, 5.74) is 4.84. The van der Waals surface area contributed by atoms with Crippen molar-refractivity contribution >= 4 is 16.7 Å². The fraction of sp³-hybridized carbons (Fsp3) is 0.409. The normalized spacial score (nSPS) is 15.6. The third-order valence-electron chi connectivity index (χ3n) is 5.72. The second-order valence-corrected chi connectivity index (χ2v) is 7.74. The summed E-state index contributed by atoms with van der Waals surface area (Å²) in [5, 5.41) is 13.8. The quantitative estimate of drug-likeness (QED) is 0.707. The lowest BCUT2D eigenvalue weighted by atomic mass is 9.94. The molecule has 0 radical (unpaired) electrons. The van der Waals surface area contributed by atoms with Crippen molar-refractivity contribution < 1.29 is 0 Å². The van der Waals surface area contributed by atoms with Crippen LogP contribution >= 0.6 is 0 Å². The van der Waals surface area contributed by atoms with E-state index in [0.29, 0.717) is 5.65 Å². The van der Waals surface area contributed by atoms with Crippen LogP contribution in [0.2, 0.25) is 0 Å². The highest BCUT2D eigenvalue weighted by molar-refractivity contribution is 5.91. The molecule has 6 heteroatoms. The van der Waals surface area contributed by atoms with Gasteiger partial charge in [0, 0.05) is 29.4 Å². The van der Waals surface area contributed by atoms with Gasteiger partial charge in [0.05, 0.1) is 5.69 Å². The number of nitrogens with zero attached hydrogens (tertiary/aromatic N) is 4. The van der Waals surface area contributed by atoms with Gasteiger partial charge in [0.1, 0.15) is 11.7 Å². The summed E-state index contributed by atoms with van der Waals surface area (Å²) in [4.78, 5) is 14.2. The SMILES string of the molecule is Cc1cc(-c2nc(C#N)nc3[nH]ccc23)ccc1NCCC1CCN(C)CC1. The number of H-pyrrole nitrogens is 1. The van der Waals surface area contributed by atoms with E-state index in [2.05, 4.69) is 57.3 Å². The smallest absolute Gasteiger partial charge is 0.234 e. The summed E-state index contributed by atoms with van der Waals surface area (Å²) >= 11 is 0. The molecule has 0 aliphatic carbocycles. The monoisotopic (exact) mass is 374 g/mol. The zero-order valence-corrected chi connectivity index (χ0v) is 16.5. The van der Waals surface area contributed by atoms with Gasteiger partial charge < -0.3 is 15.2 Å². The first kappa shape index (κ1) is 18.5. The van der Waals surface area contributed by atoms with Gasteiger partial charge in [-0.1, -0.05) is 6.07 Å². The number of hydrogen-bond donors (Lipinski definition) is 2. The van der Waals surface area contributed by atoms with Crippen molar-refractivity contribution in [3.63, 3.8) is 0 Å². The molecule has 1 saturated heterocycles. The number of nitriles is 1. The van der Waals surface area contributed by atoms with Crippen molar-refractivity contribution in [2.24, 2.45) is 5.92 Å². The maximum Gasteiger partial charge on any atom is 0.234 e. The molecule has 2 N–H and O–H groups in total. The Morgan fingerprint density at radius 3 is 2.82 bits per heavy atom. The molecule has 0 bridgehead atoms. The van der Waals surface area contributed by atoms with Crippen LogP contribution in [0.15, 0.2) is 30.5 Å². The van der Waals surface area contributed by atoms with Crippen molar-refractivity contribution in [1.29, 1.82) is 5.26 Å². The second-order valence-electron chi connectivity index (χ2n) is 7.74.